The molecular formula is C16H24N2O2. The Morgan fingerprint density at radius 2 is 2.10 bits per heavy atom. The number of carbonyl (C=O) groups excluding carboxylic acids is 1. The van der Waals surface area contributed by atoms with Crippen LogP contribution in [0.3, 0.4) is 0 Å². The number of carbonyl (C=O) groups is 1. The van der Waals surface area contributed by atoms with Crippen molar-refractivity contribution < 1.29 is 9.53 Å². The van der Waals surface area contributed by atoms with Crippen LogP contribution in [-0.4, -0.2) is 32.2 Å². The average molecular weight is 276 g/mol. The van der Waals surface area contributed by atoms with Crippen LogP contribution < -0.4 is 10.6 Å². The number of ether oxygens (including phenoxy) is 1. The molecule has 0 spiro atoms. The Labute approximate surface area is 120 Å². The molecule has 2 rings (SSSR count). The fourth-order valence-corrected chi connectivity index (χ4v) is 2.63. The van der Waals surface area contributed by atoms with Crippen molar-refractivity contribution in [2.75, 3.05) is 25.5 Å². The van der Waals surface area contributed by atoms with Gasteiger partial charge in [0.15, 0.2) is 0 Å². The molecule has 1 aromatic rings. The number of anilines is 1. The summed E-state index contributed by atoms with van der Waals surface area (Å²) in [5, 5.41) is 6.00. The van der Waals surface area contributed by atoms with E-state index in [0.29, 0.717) is 24.8 Å². The maximum absolute atomic E-state index is 12.0. The van der Waals surface area contributed by atoms with Crippen molar-refractivity contribution in [3.8, 4) is 0 Å². The third-order valence-corrected chi connectivity index (χ3v) is 3.80. The van der Waals surface area contributed by atoms with Crippen LogP contribution in [0.1, 0.15) is 41.6 Å². The first-order valence-electron chi connectivity index (χ1n) is 7.39. The summed E-state index contributed by atoms with van der Waals surface area (Å²) in [6.07, 6.45) is 5.28. The van der Waals surface area contributed by atoms with Gasteiger partial charge in [-0.1, -0.05) is 12.8 Å². The van der Waals surface area contributed by atoms with Crippen LogP contribution in [0.5, 0.6) is 0 Å². The summed E-state index contributed by atoms with van der Waals surface area (Å²) in [4.78, 5) is 12.0. The first kappa shape index (κ1) is 14.9. The van der Waals surface area contributed by atoms with Gasteiger partial charge in [-0.05, 0) is 43.5 Å². The molecule has 0 aliphatic heterocycles. The van der Waals surface area contributed by atoms with E-state index in [1.165, 1.54) is 25.7 Å². The van der Waals surface area contributed by atoms with E-state index in [4.69, 9.17) is 4.74 Å². The van der Waals surface area contributed by atoms with Gasteiger partial charge in [0.1, 0.15) is 0 Å². The van der Waals surface area contributed by atoms with Gasteiger partial charge in [0.2, 0.25) is 0 Å². The molecule has 20 heavy (non-hydrogen) atoms. The zero-order valence-corrected chi connectivity index (χ0v) is 12.4. The Hall–Kier alpha value is -1.55. The van der Waals surface area contributed by atoms with E-state index in [1.807, 2.05) is 32.2 Å². The third kappa shape index (κ3) is 3.97. The molecule has 4 nitrogen and oxygen atoms in total. The SMILES string of the molecule is CNc1ccc(C(=O)NCCOC2CCCC2)cc1C. The van der Waals surface area contributed by atoms with Gasteiger partial charge in [-0.2, -0.15) is 0 Å². The molecule has 0 heterocycles. The summed E-state index contributed by atoms with van der Waals surface area (Å²) in [5.74, 6) is -0.0363. The zero-order valence-electron chi connectivity index (χ0n) is 12.4. The van der Waals surface area contributed by atoms with E-state index in [0.717, 1.165) is 11.3 Å². The highest BCUT2D eigenvalue weighted by Crippen LogP contribution is 2.20. The molecular weight excluding hydrogens is 252 g/mol. The van der Waals surface area contributed by atoms with E-state index in [2.05, 4.69) is 10.6 Å². The topological polar surface area (TPSA) is 50.4 Å². The third-order valence-electron chi connectivity index (χ3n) is 3.80. The molecule has 1 fully saturated rings. The Morgan fingerprint density at radius 3 is 2.75 bits per heavy atom. The van der Waals surface area contributed by atoms with Crippen molar-refractivity contribution in [3.05, 3.63) is 29.3 Å². The van der Waals surface area contributed by atoms with E-state index in [9.17, 15) is 4.79 Å². The summed E-state index contributed by atoms with van der Waals surface area (Å²) < 4.78 is 5.72. The van der Waals surface area contributed by atoms with Crippen LogP contribution in [-0.2, 0) is 4.74 Å². The highest BCUT2D eigenvalue weighted by atomic mass is 16.5. The predicted octanol–water partition coefficient (Wildman–Crippen LogP) is 2.73. The molecule has 0 bridgehead atoms. The molecule has 1 aliphatic rings. The number of hydrogen-bond donors (Lipinski definition) is 2. The van der Waals surface area contributed by atoms with Crippen LogP contribution >= 0.6 is 0 Å². The fourth-order valence-electron chi connectivity index (χ4n) is 2.63. The van der Waals surface area contributed by atoms with Crippen molar-refractivity contribution in [2.24, 2.45) is 0 Å². The lowest BCUT2D eigenvalue weighted by Gasteiger charge is -2.12. The van der Waals surface area contributed by atoms with Gasteiger partial charge in [0, 0.05) is 24.8 Å². The van der Waals surface area contributed by atoms with E-state index in [1.54, 1.807) is 0 Å². The molecule has 0 unspecified atom stereocenters. The summed E-state index contributed by atoms with van der Waals surface area (Å²) in [5.41, 5.74) is 2.82. The van der Waals surface area contributed by atoms with Crippen molar-refractivity contribution in [1.82, 2.24) is 5.32 Å². The van der Waals surface area contributed by atoms with Crippen LogP contribution in [0, 0.1) is 6.92 Å². The fraction of sp³-hybridized carbons (Fsp3) is 0.562. The Morgan fingerprint density at radius 1 is 1.35 bits per heavy atom. The summed E-state index contributed by atoms with van der Waals surface area (Å²) in [7, 11) is 1.88. The smallest absolute Gasteiger partial charge is 0.251 e. The van der Waals surface area contributed by atoms with Gasteiger partial charge in [-0.25, -0.2) is 0 Å². The van der Waals surface area contributed by atoms with Crippen LogP contribution in [0.15, 0.2) is 18.2 Å². The van der Waals surface area contributed by atoms with E-state index in [-0.39, 0.29) is 5.91 Å². The largest absolute Gasteiger partial charge is 0.388 e. The molecule has 0 aromatic heterocycles. The van der Waals surface area contributed by atoms with Gasteiger partial charge < -0.3 is 15.4 Å². The molecule has 0 atom stereocenters. The van der Waals surface area contributed by atoms with Crippen LogP contribution in [0.25, 0.3) is 0 Å². The lowest BCUT2D eigenvalue weighted by Crippen LogP contribution is -2.28. The van der Waals surface area contributed by atoms with Gasteiger partial charge in [-0.15, -0.1) is 0 Å². The first-order valence-corrected chi connectivity index (χ1v) is 7.39. The second kappa shape index (κ2) is 7.29. The van der Waals surface area contributed by atoms with Gasteiger partial charge >= 0.3 is 0 Å². The molecule has 110 valence electrons. The normalized spacial score (nSPS) is 15.3. The number of benzene rings is 1. The standard InChI is InChI=1S/C16H24N2O2/c1-12-11-13(7-8-15(12)17-2)16(19)18-9-10-20-14-5-3-4-6-14/h7-8,11,14,17H,3-6,9-10H2,1-2H3,(H,18,19). The highest BCUT2D eigenvalue weighted by molar-refractivity contribution is 5.94. The van der Waals surface area contributed by atoms with Crippen LogP contribution in [0.2, 0.25) is 0 Å². The van der Waals surface area contributed by atoms with Crippen molar-refractivity contribution >= 4 is 11.6 Å². The minimum absolute atomic E-state index is 0.0363. The average Bonchev–Trinajstić information content (AvgIpc) is 2.96. The lowest BCUT2D eigenvalue weighted by atomic mass is 10.1. The van der Waals surface area contributed by atoms with Gasteiger partial charge in [-0.3, -0.25) is 4.79 Å². The molecule has 1 amide bonds. The summed E-state index contributed by atoms with van der Waals surface area (Å²) >= 11 is 0. The number of hydrogen-bond acceptors (Lipinski definition) is 3. The zero-order chi connectivity index (χ0) is 14.4. The quantitative estimate of drug-likeness (QED) is 0.785. The van der Waals surface area contributed by atoms with Crippen molar-refractivity contribution in [1.29, 1.82) is 0 Å². The number of rotatable bonds is 6. The molecule has 4 heteroatoms. The monoisotopic (exact) mass is 276 g/mol. The molecule has 2 N–H and O–H groups in total. The Kier molecular flexibility index (Phi) is 5.41. The molecule has 0 radical (unpaired) electrons. The maximum atomic E-state index is 12.0. The second-order valence-corrected chi connectivity index (χ2v) is 5.31. The second-order valence-electron chi connectivity index (χ2n) is 5.31. The highest BCUT2D eigenvalue weighted by Gasteiger charge is 2.15. The lowest BCUT2D eigenvalue weighted by molar-refractivity contribution is 0.0582. The molecule has 0 saturated heterocycles. The minimum Gasteiger partial charge on any atom is -0.388 e. The van der Waals surface area contributed by atoms with E-state index < -0.39 is 0 Å². The van der Waals surface area contributed by atoms with Gasteiger partial charge in [0.25, 0.3) is 5.91 Å². The summed E-state index contributed by atoms with van der Waals surface area (Å²) in [6.45, 7) is 3.16. The number of amides is 1. The first-order chi connectivity index (χ1) is 9.70. The van der Waals surface area contributed by atoms with E-state index >= 15 is 0 Å². The molecule has 1 saturated carbocycles. The minimum atomic E-state index is -0.0363. The number of aryl methyl sites for hydroxylation is 1. The Balaban J connectivity index is 1.75. The van der Waals surface area contributed by atoms with Crippen LogP contribution in [0.4, 0.5) is 5.69 Å². The van der Waals surface area contributed by atoms with Crippen molar-refractivity contribution in [2.45, 2.75) is 38.7 Å². The molecule has 1 aliphatic carbocycles. The van der Waals surface area contributed by atoms with Crippen molar-refractivity contribution in [3.63, 3.8) is 0 Å². The van der Waals surface area contributed by atoms with Gasteiger partial charge in [0.05, 0.1) is 12.7 Å². The Bertz CT molecular complexity index is 454. The molecule has 1 aromatic carbocycles. The number of nitrogens with one attached hydrogen (secondary N) is 2. The predicted molar refractivity (Wildman–Crippen MR) is 81.3 cm³/mol. The summed E-state index contributed by atoms with van der Waals surface area (Å²) in [6, 6.07) is 5.67. The maximum Gasteiger partial charge on any atom is 0.251 e.